The normalized spacial score (nSPS) is 19.1. The van der Waals surface area contributed by atoms with Gasteiger partial charge in [0.05, 0.1) is 12.0 Å². The molecule has 4 nitrogen and oxygen atoms in total. The van der Waals surface area contributed by atoms with E-state index in [2.05, 4.69) is 0 Å². The zero-order chi connectivity index (χ0) is 12.3. The molecule has 0 aromatic carbocycles. The number of hydrogen-bond donors (Lipinski definition) is 1. The fraction of sp³-hybridized carbons (Fsp3) is 0.583. The first-order valence-corrected chi connectivity index (χ1v) is 7.23. The Morgan fingerprint density at radius 3 is 2.76 bits per heavy atom. The molecule has 94 valence electrons. The minimum absolute atomic E-state index is 0.0749. The molecule has 1 aromatic heterocycles. The summed E-state index contributed by atoms with van der Waals surface area (Å²) in [7, 11) is -0.986. The van der Waals surface area contributed by atoms with E-state index in [1.807, 2.05) is 0 Å². The molecule has 1 aromatic rings. The topological polar surface area (TPSA) is 67.5 Å². The molecule has 0 bridgehead atoms. The van der Waals surface area contributed by atoms with Crippen LogP contribution in [0.5, 0.6) is 0 Å². The van der Waals surface area contributed by atoms with Crippen molar-refractivity contribution in [1.82, 2.24) is 0 Å². The first kappa shape index (κ1) is 12.4. The fourth-order valence-electron chi connectivity index (χ4n) is 2.24. The molecule has 2 rings (SSSR count). The summed E-state index contributed by atoms with van der Waals surface area (Å²) in [6.45, 7) is 0. The third-order valence-corrected chi connectivity index (χ3v) is 4.97. The Morgan fingerprint density at radius 1 is 1.41 bits per heavy atom. The number of carbonyl (C=O) groups is 1. The van der Waals surface area contributed by atoms with Crippen LogP contribution in [0.4, 0.5) is 0 Å². The number of aromatic carboxylic acids is 1. The lowest BCUT2D eigenvalue weighted by atomic mass is 10.0. The Kier molecular flexibility index (Phi) is 3.99. The van der Waals surface area contributed by atoms with Gasteiger partial charge in [-0.25, -0.2) is 4.79 Å². The molecule has 5 heteroatoms. The predicted octanol–water partition coefficient (Wildman–Crippen LogP) is 2.56. The van der Waals surface area contributed by atoms with Crippen LogP contribution in [0.3, 0.4) is 0 Å². The van der Waals surface area contributed by atoms with E-state index in [1.165, 1.54) is 12.7 Å². The van der Waals surface area contributed by atoms with Crippen molar-refractivity contribution in [3.8, 4) is 0 Å². The van der Waals surface area contributed by atoms with Crippen LogP contribution in [0.2, 0.25) is 0 Å². The lowest BCUT2D eigenvalue weighted by Crippen LogP contribution is -2.20. The Morgan fingerprint density at radius 2 is 2.12 bits per heavy atom. The highest BCUT2D eigenvalue weighted by Gasteiger charge is 2.23. The van der Waals surface area contributed by atoms with Crippen molar-refractivity contribution < 1.29 is 18.5 Å². The van der Waals surface area contributed by atoms with E-state index in [9.17, 15) is 9.00 Å². The maximum Gasteiger partial charge on any atom is 0.372 e. The highest BCUT2D eigenvalue weighted by molar-refractivity contribution is 7.84. The number of carboxylic acid groups (broad SMARTS) is 1. The predicted molar refractivity (Wildman–Crippen MR) is 64.4 cm³/mol. The average molecular weight is 256 g/mol. The fourth-order valence-corrected chi connectivity index (χ4v) is 3.86. The van der Waals surface area contributed by atoms with Crippen molar-refractivity contribution in [2.75, 3.05) is 0 Å². The minimum atomic E-state index is -1.09. The van der Waals surface area contributed by atoms with Gasteiger partial charge in [0.15, 0.2) is 0 Å². The van der Waals surface area contributed by atoms with Gasteiger partial charge >= 0.3 is 5.97 Å². The van der Waals surface area contributed by atoms with Crippen LogP contribution >= 0.6 is 0 Å². The molecule has 1 unspecified atom stereocenters. The number of carboxylic acids is 1. The summed E-state index contributed by atoms with van der Waals surface area (Å²) in [6.07, 6.45) is 6.82. The van der Waals surface area contributed by atoms with Crippen LogP contribution in [-0.4, -0.2) is 20.5 Å². The molecule has 0 amide bonds. The van der Waals surface area contributed by atoms with Crippen molar-refractivity contribution in [1.29, 1.82) is 0 Å². The molecule has 0 aliphatic heterocycles. The summed E-state index contributed by atoms with van der Waals surface area (Å²) in [6, 6.07) is 1.60. The second-order valence-corrected chi connectivity index (χ2v) is 6.08. The van der Waals surface area contributed by atoms with Gasteiger partial charge in [-0.2, -0.15) is 0 Å². The van der Waals surface area contributed by atoms with Crippen LogP contribution in [0.15, 0.2) is 16.7 Å². The standard InChI is InChI=1S/C12H16O4S/c13-12(14)11-9(6-7-16-11)8-17(15)10-4-2-1-3-5-10/h6-7,10H,1-5,8H2,(H,13,14). The zero-order valence-corrected chi connectivity index (χ0v) is 10.4. The molecule has 1 atom stereocenters. The zero-order valence-electron chi connectivity index (χ0n) is 9.55. The van der Waals surface area contributed by atoms with Crippen molar-refractivity contribution in [3.63, 3.8) is 0 Å². The summed E-state index contributed by atoms with van der Waals surface area (Å²) < 4.78 is 17.0. The molecule has 17 heavy (non-hydrogen) atoms. The molecular formula is C12H16O4S. The van der Waals surface area contributed by atoms with Crippen molar-refractivity contribution >= 4 is 16.8 Å². The van der Waals surface area contributed by atoms with E-state index in [4.69, 9.17) is 9.52 Å². The van der Waals surface area contributed by atoms with Crippen molar-refractivity contribution in [2.24, 2.45) is 0 Å². The molecule has 1 fully saturated rings. The smallest absolute Gasteiger partial charge is 0.372 e. The molecule has 1 heterocycles. The molecule has 1 saturated carbocycles. The summed E-state index contributed by atoms with van der Waals surface area (Å²) in [5.74, 6) is -0.872. The van der Waals surface area contributed by atoms with Crippen LogP contribution in [0.25, 0.3) is 0 Å². The number of furan rings is 1. The maximum atomic E-state index is 12.1. The first-order valence-electron chi connectivity index (χ1n) is 5.85. The Labute approximate surface area is 102 Å². The second-order valence-electron chi connectivity index (χ2n) is 4.37. The van der Waals surface area contributed by atoms with Gasteiger partial charge < -0.3 is 9.52 Å². The van der Waals surface area contributed by atoms with E-state index in [1.54, 1.807) is 6.07 Å². The first-order chi connectivity index (χ1) is 8.18. The van der Waals surface area contributed by atoms with E-state index in [0.29, 0.717) is 11.3 Å². The van der Waals surface area contributed by atoms with Gasteiger partial charge in [-0.15, -0.1) is 0 Å². The van der Waals surface area contributed by atoms with Gasteiger partial charge in [0.2, 0.25) is 5.76 Å². The average Bonchev–Trinajstić information content (AvgIpc) is 2.78. The highest BCUT2D eigenvalue weighted by Crippen LogP contribution is 2.24. The van der Waals surface area contributed by atoms with Crippen LogP contribution in [0, 0.1) is 0 Å². The van der Waals surface area contributed by atoms with Crippen molar-refractivity contribution in [3.05, 3.63) is 23.7 Å². The third kappa shape index (κ3) is 2.97. The molecule has 1 N–H and O–H groups in total. The molecule has 1 aliphatic carbocycles. The molecular weight excluding hydrogens is 240 g/mol. The summed E-state index contributed by atoms with van der Waals surface area (Å²) in [5, 5.41) is 9.11. The van der Waals surface area contributed by atoms with E-state index in [-0.39, 0.29) is 11.0 Å². The Hall–Kier alpha value is -1.10. The highest BCUT2D eigenvalue weighted by atomic mass is 32.2. The third-order valence-electron chi connectivity index (χ3n) is 3.16. The van der Waals surface area contributed by atoms with Crippen LogP contribution in [-0.2, 0) is 16.6 Å². The minimum Gasteiger partial charge on any atom is -0.475 e. The van der Waals surface area contributed by atoms with Crippen LogP contribution < -0.4 is 0 Å². The molecule has 1 aliphatic rings. The molecule has 0 spiro atoms. The quantitative estimate of drug-likeness (QED) is 0.899. The van der Waals surface area contributed by atoms with Gasteiger partial charge in [0.1, 0.15) is 0 Å². The lowest BCUT2D eigenvalue weighted by Gasteiger charge is -2.20. The largest absolute Gasteiger partial charge is 0.475 e. The van der Waals surface area contributed by atoms with Gasteiger partial charge in [-0.1, -0.05) is 19.3 Å². The van der Waals surface area contributed by atoms with Gasteiger partial charge in [-0.05, 0) is 18.9 Å². The van der Waals surface area contributed by atoms with E-state index < -0.39 is 16.8 Å². The summed E-state index contributed by atoms with van der Waals surface area (Å²) in [5.41, 5.74) is 0.543. The summed E-state index contributed by atoms with van der Waals surface area (Å²) >= 11 is 0. The van der Waals surface area contributed by atoms with E-state index in [0.717, 1.165) is 25.7 Å². The molecule has 0 saturated heterocycles. The van der Waals surface area contributed by atoms with Gasteiger partial charge in [-0.3, -0.25) is 4.21 Å². The number of hydrogen-bond acceptors (Lipinski definition) is 3. The van der Waals surface area contributed by atoms with E-state index >= 15 is 0 Å². The Balaban J connectivity index is 2.02. The Bertz CT molecular complexity index is 418. The van der Waals surface area contributed by atoms with Crippen LogP contribution in [0.1, 0.15) is 48.2 Å². The maximum absolute atomic E-state index is 12.1. The van der Waals surface area contributed by atoms with Gasteiger partial charge in [0.25, 0.3) is 0 Å². The SMILES string of the molecule is O=C(O)c1occc1CS(=O)C1CCCCC1. The monoisotopic (exact) mass is 256 g/mol. The van der Waals surface area contributed by atoms with Crippen molar-refractivity contribution in [2.45, 2.75) is 43.1 Å². The second kappa shape index (κ2) is 5.49. The molecule has 0 radical (unpaired) electrons. The van der Waals surface area contributed by atoms with Gasteiger partial charge in [0, 0.05) is 21.6 Å². The number of rotatable bonds is 4. The summed E-state index contributed by atoms with van der Waals surface area (Å²) in [4.78, 5) is 10.8. The lowest BCUT2D eigenvalue weighted by molar-refractivity contribution is 0.0661.